The first-order valence-corrected chi connectivity index (χ1v) is 9.20. The Morgan fingerprint density at radius 3 is 1.40 bits per heavy atom. The predicted molar refractivity (Wildman–Crippen MR) is 112 cm³/mol. The molecule has 0 unspecified atom stereocenters. The fourth-order valence-corrected chi connectivity index (χ4v) is 3.22. The van der Waals surface area contributed by atoms with Gasteiger partial charge in [0.05, 0.1) is 11.1 Å². The van der Waals surface area contributed by atoms with E-state index >= 15 is 0 Å². The van der Waals surface area contributed by atoms with Gasteiger partial charge < -0.3 is 20.4 Å². The number of benzene rings is 3. The summed E-state index contributed by atoms with van der Waals surface area (Å²) in [7, 11) is 0. The average molecular weight is 401 g/mol. The highest BCUT2D eigenvalue weighted by atomic mass is 16.3. The molecular weight excluding hydrogens is 382 g/mol. The summed E-state index contributed by atoms with van der Waals surface area (Å²) < 4.78 is 0. The van der Waals surface area contributed by atoms with Crippen molar-refractivity contribution in [3.05, 3.63) is 65.7 Å². The van der Waals surface area contributed by atoms with Gasteiger partial charge in [-0.15, -0.1) is 0 Å². The molecule has 30 heavy (non-hydrogen) atoms. The number of phenols is 4. The molecule has 0 bridgehead atoms. The summed E-state index contributed by atoms with van der Waals surface area (Å²) >= 11 is 0. The highest BCUT2D eigenvalue weighted by Gasteiger charge is 2.17. The van der Waals surface area contributed by atoms with Crippen LogP contribution in [-0.2, 0) is 0 Å². The molecule has 0 saturated heterocycles. The normalized spacial score (nSPS) is 10.9. The smallest absolute Gasteiger partial charge is 0.167 e. The standard InChI is InChI=1S/C23H19N3O4/c1-12-3-6-16(13(2)9-12)21-24-22(17-7-4-14(27)10-19(17)29)26-23(25-21)18-8-5-15(28)11-20(18)30/h3-11,27-30H,1-2H3. The molecule has 150 valence electrons. The molecule has 0 radical (unpaired) electrons. The van der Waals surface area contributed by atoms with Crippen LogP contribution in [0.25, 0.3) is 34.2 Å². The third-order valence-corrected chi connectivity index (χ3v) is 4.70. The minimum absolute atomic E-state index is 0.0867. The Hall–Kier alpha value is -4.13. The Labute approximate surface area is 172 Å². The lowest BCUT2D eigenvalue weighted by Gasteiger charge is -2.12. The van der Waals surface area contributed by atoms with Crippen molar-refractivity contribution in [2.45, 2.75) is 13.8 Å². The summed E-state index contributed by atoms with van der Waals surface area (Å²) in [6, 6.07) is 14.1. The summed E-state index contributed by atoms with van der Waals surface area (Å²) in [4.78, 5) is 13.5. The number of phenolic OH excluding ortho intramolecular Hbond substituents is 4. The van der Waals surface area contributed by atoms with Crippen molar-refractivity contribution in [2.24, 2.45) is 0 Å². The van der Waals surface area contributed by atoms with Gasteiger partial charge in [0.2, 0.25) is 0 Å². The van der Waals surface area contributed by atoms with Crippen molar-refractivity contribution in [2.75, 3.05) is 0 Å². The molecule has 0 fully saturated rings. The zero-order chi connectivity index (χ0) is 21.4. The number of aryl methyl sites for hydroxylation is 2. The zero-order valence-electron chi connectivity index (χ0n) is 16.3. The van der Waals surface area contributed by atoms with E-state index in [1.54, 1.807) is 0 Å². The Morgan fingerprint density at radius 1 is 0.533 bits per heavy atom. The van der Waals surface area contributed by atoms with Crippen LogP contribution in [0.1, 0.15) is 11.1 Å². The fourth-order valence-electron chi connectivity index (χ4n) is 3.22. The van der Waals surface area contributed by atoms with E-state index in [0.29, 0.717) is 17.0 Å². The molecule has 0 atom stereocenters. The number of aromatic hydroxyl groups is 4. The number of hydrogen-bond donors (Lipinski definition) is 4. The van der Waals surface area contributed by atoms with Gasteiger partial charge >= 0.3 is 0 Å². The SMILES string of the molecule is Cc1ccc(-c2nc(-c3ccc(O)cc3O)nc(-c3ccc(O)cc3O)n2)c(C)c1. The third-order valence-electron chi connectivity index (χ3n) is 4.70. The molecule has 4 rings (SSSR count). The summed E-state index contributed by atoms with van der Waals surface area (Å²) in [5, 5.41) is 39.8. The highest BCUT2D eigenvalue weighted by molar-refractivity contribution is 5.73. The van der Waals surface area contributed by atoms with E-state index in [-0.39, 0.29) is 34.6 Å². The lowest BCUT2D eigenvalue weighted by atomic mass is 10.0. The highest BCUT2D eigenvalue weighted by Crippen LogP contribution is 2.35. The van der Waals surface area contributed by atoms with Crippen LogP contribution < -0.4 is 0 Å². The molecule has 7 heteroatoms. The van der Waals surface area contributed by atoms with Gasteiger partial charge in [0, 0.05) is 17.7 Å². The largest absolute Gasteiger partial charge is 0.508 e. The molecule has 4 aromatic rings. The first-order valence-electron chi connectivity index (χ1n) is 9.20. The minimum atomic E-state index is -0.186. The van der Waals surface area contributed by atoms with Gasteiger partial charge in [-0.25, -0.2) is 15.0 Å². The van der Waals surface area contributed by atoms with Crippen molar-refractivity contribution < 1.29 is 20.4 Å². The van der Waals surface area contributed by atoms with Crippen LogP contribution in [0.3, 0.4) is 0 Å². The van der Waals surface area contributed by atoms with Crippen molar-refractivity contribution >= 4 is 0 Å². The van der Waals surface area contributed by atoms with Crippen LogP contribution in [0.15, 0.2) is 54.6 Å². The molecule has 3 aromatic carbocycles. The van der Waals surface area contributed by atoms with Gasteiger partial charge in [-0.2, -0.15) is 0 Å². The zero-order valence-corrected chi connectivity index (χ0v) is 16.3. The Morgan fingerprint density at radius 2 is 0.967 bits per heavy atom. The monoisotopic (exact) mass is 401 g/mol. The molecule has 0 aliphatic rings. The Kier molecular flexibility index (Phi) is 4.71. The van der Waals surface area contributed by atoms with Crippen LogP contribution in [0.4, 0.5) is 0 Å². The summed E-state index contributed by atoms with van der Waals surface area (Å²) in [5.74, 6) is 0.183. The second-order valence-corrected chi connectivity index (χ2v) is 7.03. The second kappa shape index (κ2) is 7.36. The quantitative estimate of drug-likeness (QED) is 0.404. The predicted octanol–water partition coefficient (Wildman–Crippen LogP) is 4.31. The molecular formula is C23H19N3O4. The van der Waals surface area contributed by atoms with E-state index in [1.807, 2.05) is 32.0 Å². The Balaban J connectivity index is 1.98. The van der Waals surface area contributed by atoms with Gasteiger partial charge in [0.25, 0.3) is 0 Å². The number of hydrogen-bond acceptors (Lipinski definition) is 7. The molecule has 0 aliphatic carbocycles. The molecule has 0 saturated carbocycles. The number of aromatic nitrogens is 3. The molecule has 1 heterocycles. The number of nitrogens with zero attached hydrogens (tertiary/aromatic N) is 3. The minimum Gasteiger partial charge on any atom is -0.508 e. The number of rotatable bonds is 3. The molecule has 7 nitrogen and oxygen atoms in total. The second-order valence-electron chi connectivity index (χ2n) is 7.03. The van der Waals surface area contributed by atoms with Gasteiger partial charge in [-0.1, -0.05) is 23.8 Å². The topological polar surface area (TPSA) is 120 Å². The van der Waals surface area contributed by atoms with E-state index in [4.69, 9.17) is 0 Å². The lowest BCUT2D eigenvalue weighted by molar-refractivity contribution is 0.451. The maximum atomic E-state index is 10.3. The molecule has 4 N–H and O–H groups in total. The van der Waals surface area contributed by atoms with Gasteiger partial charge in [-0.05, 0) is 43.7 Å². The van der Waals surface area contributed by atoms with E-state index in [1.165, 1.54) is 36.4 Å². The maximum Gasteiger partial charge on any atom is 0.167 e. The lowest BCUT2D eigenvalue weighted by Crippen LogP contribution is -2.01. The maximum absolute atomic E-state index is 10.3. The first kappa shape index (κ1) is 19.2. The van der Waals surface area contributed by atoms with E-state index in [2.05, 4.69) is 15.0 Å². The Bertz CT molecular complexity index is 1100. The molecule has 0 spiro atoms. The molecule has 1 aromatic heterocycles. The average Bonchev–Trinajstić information content (AvgIpc) is 2.67. The van der Waals surface area contributed by atoms with E-state index in [0.717, 1.165) is 16.7 Å². The van der Waals surface area contributed by atoms with Crippen LogP contribution in [0.2, 0.25) is 0 Å². The van der Waals surface area contributed by atoms with Crippen molar-refractivity contribution in [1.29, 1.82) is 0 Å². The summed E-state index contributed by atoms with van der Waals surface area (Å²) in [5.41, 5.74) is 3.45. The third kappa shape index (κ3) is 3.60. The van der Waals surface area contributed by atoms with E-state index < -0.39 is 0 Å². The van der Waals surface area contributed by atoms with Crippen molar-refractivity contribution in [3.63, 3.8) is 0 Å². The van der Waals surface area contributed by atoms with Gasteiger partial charge in [-0.3, -0.25) is 0 Å². The molecule has 0 aliphatic heterocycles. The van der Waals surface area contributed by atoms with Crippen LogP contribution >= 0.6 is 0 Å². The van der Waals surface area contributed by atoms with Gasteiger partial charge in [0.1, 0.15) is 23.0 Å². The fraction of sp³-hybridized carbons (Fsp3) is 0.0870. The molecule has 0 amide bonds. The van der Waals surface area contributed by atoms with Crippen LogP contribution in [0.5, 0.6) is 23.0 Å². The van der Waals surface area contributed by atoms with Gasteiger partial charge in [0.15, 0.2) is 17.5 Å². The van der Waals surface area contributed by atoms with E-state index in [9.17, 15) is 20.4 Å². The van der Waals surface area contributed by atoms with Crippen molar-refractivity contribution in [3.8, 4) is 57.2 Å². The first-order chi connectivity index (χ1) is 14.3. The summed E-state index contributed by atoms with van der Waals surface area (Å²) in [6.07, 6.45) is 0. The van der Waals surface area contributed by atoms with Crippen molar-refractivity contribution in [1.82, 2.24) is 15.0 Å². The summed E-state index contributed by atoms with van der Waals surface area (Å²) in [6.45, 7) is 3.94. The van der Waals surface area contributed by atoms with Crippen LogP contribution in [0, 0.1) is 13.8 Å². The van der Waals surface area contributed by atoms with Crippen LogP contribution in [-0.4, -0.2) is 35.4 Å².